The maximum Gasteiger partial charge on any atom is 0.254 e. The largest absolute Gasteiger partial charge is 0.493 e. The second-order valence-electron chi connectivity index (χ2n) is 6.33. The SMILES string of the molecule is CCCOc1c(Cl)cc(C(=O)N2CCC(C(C)N)CC2)cc1OC. The van der Waals surface area contributed by atoms with Gasteiger partial charge in [-0.25, -0.2) is 0 Å². The van der Waals surface area contributed by atoms with Crippen molar-refractivity contribution in [1.29, 1.82) is 0 Å². The predicted octanol–water partition coefficient (Wildman–Crippen LogP) is 3.34. The van der Waals surface area contributed by atoms with Gasteiger partial charge in [0, 0.05) is 24.7 Å². The summed E-state index contributed by atoms with van der Waals surface area (Å²) >= 11 is 6.30. The summed E-state index contributed by atoms with van der Waals surface area (Å²) in [4.78, 5) is 14.6. The molecule has 0 bridgehead atoms. The molecular formula is C18H27ClN2O3. The van der Waals surface area contributed by atoms with E-state index in [1.807, 2.05) is 18.7 Å². The number of halogens is 1. The second kappa shape index (κ2) is 8.58. The molecule has 1 fully saturated rings. The van der Waals surface area contributed by atoms with Crippen molar-refractivity contribution in [2.45, 2.75) is 39.2 Å². The molecule has 2 rings (SSSR count). The lowest BCUT2D eigenvalue weighted by Crippen LogP contribution is -2.42. The van der Waals surface area contributed by atoms with Crippen LogP contribution < -0.4 is 15.2 Å². The maximum atomic E-state index is 12.8. The first-order valence-corrected chi connectivity index (χ1v) is 8.90. The third-order valence-electron chi connectivity index (χ3n) is 4.50. The van der Waals surface area contributed by atoms with Gasteiger partial charge in [0.25, 0.3) is 5.91 Å². The Bertz CT molecular complexity index is 570. The number of methoxy groups -OCH3 is 1. The van der Waals surface area contributed by atoms with Crippen molar-refractivity contribution in [2.75, 3.05) is 26.8 Å². The van der Waals surface area contributed by atoms with E-state index < -0.39 is 0 Å². The molecule has 1 atom stereocenters. The number of nitrogens with two attached hydrogens (primary N) is 1. The molecule has 1 heterocycles. The summed E-state index contributed by atoms with van der Waals surface area (Å²) < 4.78 is 11.0. The average molecular weight is 355 g/mol. The van der Waals surface area contributed by atoms with Crippen molar-refractivity contribution >= 4 is 17.5 Å². The monoisotopic (exact) mass is 354 g/mol. The summed E-state index contributed by atoms with van der Waals surface area (Å²) in [5, 5.41) is 0.400. The zero-order chi connectivity index (χ0) is 17.7. The van der Waals surface area contributed by atoms with Crippen LogP contribution in [0.5, 0.6) is 11.5 Å². The van der Waals surface area contributed by atoms with Crippen LogP contribution >= 0.6 is 11.6 Å². The van der Waals surface area contributed by atoms with Gasteiger partial charge in [-0.05, 0) is 44.2 Å². The van der Waals surface area contributed by atoms with Crippen molar-refractivity contribution in [3.05, 3.63) is 22.7 Å². The van der Waals surface area contributed by atoms with Crippen LogP contribution in [0.2, 0.25) is 5.02 Å². The fourth-order valence-electron chi connectivity index (χ4n) is 3.00. The number of amides is 1. The summed E-state index contributed by atoms with van der Waals surface area (Å²) in [5.74, 6) is 1.44. The van der Waals surface area contributed by atoms with Crippen LogP contribution in [-0.2, 0) is 0 Å². The third-order valence-corrected chi connectivity index (χ3v) is 4.78. The zero-order valence-corrected chi connectivity index (χ0v) is 15.4. The van der Waals surface area contributed by atoms with E-state index in [2.05, 4.69) is 0 Å². The summed E-state index contributed by atoms with van der Waals surface area (Å²) in [7, 11) is 1.55. The molecule has 24 heavy (non-hydrogen) atoms. The molecule has 1 aromatic rings. The first kappa shape index (κ1) is 18.9. The Kier molecular flexibility index (Phi) is 6.75. The Morgan fingerprint density at radius 1 is 1.42 bits per heavy atom. The Morgan fingerprint density at radius 3 is 2.62 bits per heavy atom. The van der Waals surface area contributed by atoms with Crippen molar-refractivity contribution in [1.82, 2.24) is 4.90 Å². The van der Waals surface area contributed by atoms with Crippen LogP contribution in [0.1, 0.15) is 43.5 Å². The van der Waals surface area contributed by atoms with Gasteiger partial charge in [-0.15, -0.1) is 0 Å². The van der Waals surface area contributed by atoms with Crippen molar-refractivity contribution in [3.63, 3.8) is 0 Å². The summed E-state index contributed by atoms with van der Waals surface area (Å²) in [6.45, 7) is 6.04. The number of benzene rings is 1. The summed E-state index contributed by atoms with van der Waals surface area (Å²) in [6.07, 6.45) is 2.74. The molecule has 0 spiro atoms. The molecule has 134 valence electrons. The maximum absolute atomic E-state index is 12.8. The average Bonchev–Trinajstić information content (AvgIpc) is 2.59. The Hall–Kier alpha value is -1.46. The normalized spacial score (nSPS) is 16.8. The Morgan fingerprint density at radius 2 is 2.08 bits per heavy atom. The Labute approximate surface area is 149 Å². The molecule has 1 aromatic carbocycles. The zero-order valence-electron chi connectivity index (χ0n) is 14.7. The third kappa shape index (κ3) is 4.33. The number of piperidine rings is 1. The lowest BCUT2D eigenvalue weighted by Gasteiger charge is -2.33. The fourth-order valence-corrected chi connectivity index (χ4v) is 3.26. The van der Waals surface area contributed by atoms with Gasteiger partial charge in [-0.1, -0.05) is 18.5 Å². The number of hydrogen-bond donors (Lipinski definition) is 1. The number of ether oxygens (including phenoxy) is 2. The molecule has 1 aliphatic rings. The van der Waals surface area contributed by atoms with E-state index in [-0.39, 0.29) is 11.9 Å². The number of carbonyl (C=O) groups excluding carboxylic acids is 1. The quantitative estimate of drug-likeness (QED) is 0.850. The van der Waals surface area contributed by atoms with Gasteiger partial charge in [0.15, 0.2) is 11.5 Å². The number of hydrogen-bond acceptors (Lipinski definition) is 4. The van der Waals surface area contributed by atoms with E-state index in [0.29, 0.717) is 34.6 Å². The van der Waals surface area contributed by atoms with Crippen LogP contribution in [0.4, 0.5) is 0 Å². The molecule has 0 radical (unpaired) electrons. The van der Waals surface area contributed by atoms with Crippen molar-refractivity contribution in [2.24, 2.45) is 11.7 Å². The van der Waals surface area contributed by atoms with Crippen molar-refractivity contribution in [3.8, 4) is 11.5 Å². The fraction of sp³-hybridized carbons (Fsp3) is 0.611. The first-order chi connectivity index (χ1) is 11.5. The van der Waals surface area contributed by atoms with E-state index in [1.165, 1.54) is 0 Å². The van der Waals surface area contributed by atoms with Gasteiger partial charge in [-0.3, -0.25) is 4.79 Å². The summed E-state index contributed by atoms with van der Waals surface area (Å²) in [5.41, 5.74) is 6.49. The van der Waals surface area contributed by atoms with Crippen LogP contribution in [0.25, 0.3) is 0 Å². The van der Waals surface area contributed by atoms with Crippen LogP contribution in [-0.4, -0.2) is 43.7 Å². The summed E-state index contributed by atoms with van der Waals surface area (Å²) in [6, 6.07) is 3.54. The van der Waals surface area contributed by atoms with Crippen LogP contribution in [0, 0.1) is 5.92 Å². The van der Waals surface area contributed by atoms with E-state index >= 15 is 0 Å². The number of rotatable bonds is 6. The highest BCUT2D eigenvalue weighted by Crippen LogP contribution is 2.37. The van der Waals surface area contributed by atoms with E-state index in [9.17, 15) is 4.79 Å². The predicted molar refractivity (Wildman–Crippen MR) is 96.1 cm³/mol. The first-order valence-electron chi connectivity index (χ1n) is 8.53. The molecule has 6 heteroatoms. The van der Waals surface area contributed by atoms with E-state index in [0.717, 1.165) is 32.4 Å². The van der Waals surface area contributed by atoms with Crippen LogP contribution in [0.3, 0.4) is 0 Å². The number of likely N-dealkylation sites (tertiary alicyclic amines) is 1. The minimum absolute atomic E-state index is 0.0274. The smallest absolute Gasteiger partial charge is 0.254 e. The van der Waals surface area contributed by atoms with E-state index in [1.54, 1.807) is 19.2 Å². The highest BCUT2D eigenvalue weighted by atomic mass is 35.5. The highest BCUT2D eigenvalue weighted by Gasteiger charge is 2.26. The molecular weight excluding hydrogens is 328 g/mol. The molecule has 5 nitrogen and oxygen atoms in total. The van der Waals surface area contributed by atoms with Gasteiger partial charge in [-0.2, -0.15) is 0 Å². The second-order valence-corrected chi connectivity index (χ2v) is 6.73. The lowest BCUT2D eigenvalue weighted by molar-refractivity contribution is 0.0680. The lowest BCUT2D eigenvalue weighted by atomic mass is 9.90. The molecule has 0 aliphatic carbocycles. The molecule has 1 aliphatic heterocycles. The molecule has 1 amide bonds. The number of carbonyl (C=O) groups is 1. The van der Waals surface area contributed by atoms with Gasteiger partial charge in [0.1, 0.15) is 0 Å². The minimum Gasteiger partial charge on any atom is -0.493 e. The molecule has 1 unspecified atom stereocenters. The number of nitrogens with zero attached hydrogens (tertiary/aromatic N) is 1. The van der Waals surface area contributed by atoms with Gasteiger partial charge >= 0.3 is 0 Å². The van der Waals surface area contributed by atoms with Gasteiger partial charge in [0.2, 0.25) is 0 Å². The minimum atomic E-state index is -0.0274. The standard InChI is InChI=1S/C18H27ClN2O3/c1-4-9-24-17-15(19)10-14(11-16(17)23-3)18(22)21-7-5-13(6-8-21)12(2)20/h10-13H,4-9,20H2,1-3H3. The molecule has 0 aromatic heterocycles. The van der Waals surface area contributed by atoms with Gasteiger partial charge in [0.05, 0.1) is 18.7 Å². The molecule has 0 saturated carbocycles. The van der Waals surface area contributed by atoms with Crippen LogP contribution in [0.15, 0.2) is 12.1 Å². The molecule has 2 N–H and O–H groups in total. The Balaban J connectivity index is 2.14. The van der Waals surface area contributed by atoms with Crippen molar-refractivity contribution < 1.29 is 14.3 Å². The van der Waals surface area contributed by atoms with Gasteiger partial charge < -0.3 is 20.1 Å². The van der Waals surface area contributed by atoms with E-state index in [4.69, 9.17) is 26.8 Å². The highest BCUT2D eigenvalue weighted by molar-refractivity contribution is 6.32. The topological polar surface area (TPSA) is 64.8 Å². The molecule has 1 saturated heterocycles.